The summed E-state index contributed by atoms with van der Waals surface area (Å²) in [4.78, 5) is 1.68. The third kappa shape index (κ3) is 9.74. The maximum atomic E-state index is 12.0. The highest BCUT2D eigenvalue weighted by atomic mass is 19.4. The van der Waals surface area contributed by atoms with Gasteiger partial charge in [0, 0.05) is 6.54 Å². The van der Waals surface area contributed by atoms with Crippen LogP contribution in [0.15, 0.2) is 0 Å². The van der Waals surface area contributed by atoms with Gasteiger partial charge in [0.1, 0.15) is 5.54 Å². The first-order chi connectivity index (χ1) is 8.72. The molecule has 0 spiro atoms. The number of rotatable bonds is 9. The van der Waals surface area contributed by atoms with Crippen LogP contribution < -0.4 is 5.32 Å². The summed E-state index contributed by atoms with van der Waals surface area (Å²) in [6, 6.07) is 2.24. The summed E-state index contributed by atoms with van der Waals surface area (Å²) in [6.07, 6.45) is -2.51. The highest BCUT2D eigenvalue weighted by Gasteiger charge is 2.27. The highest BCUT2D eigenvalue weighted by Crippen LogP contribution is 2.19. The lowest BCUT2D eigenvalue weighted by Gasteiger charge is -2.23. The Morgan fingerprint density at radius 3 is 2.26 bits per heavy atom. The summed E-state index contributed by atoms with van der Waals surface area (Å²) in [7, 11) is 1.69. The van der Waals surface area contributed by atoms with Gasteiger partial charge in [-0.15, -0.1) is 0 Å². The summed E-state index contributed by atoms with van der Waals surface area (Å²) in [6.45, 7) is 5.19. The third-order valence-electron chi connectivity index (χ3n) is 3.06. The molecule has 0 saturated heterocycles. The fourth-order valence-electron chi connectivity index (χ4n) is 1.86. The summed E-state index contributed by atoms with van der Waals surface area (Å²) in [5, 5.41) is 12.2. The van der Waals surface area contributed by atoms with Crippen molar-refractivity contribution in [1.29, 1.82) is 5.26 Å². The summed E-state index contributed by atoms with van der Waals surface area (Å²) in [5.74, 6) is 0. The maximum absolute atomic E-state index is 12.0. The molecular formula is C13H24F3N3. The van der Waals surface area contributed by atoms with Gasteiger partial charge in [-0.2, -0.15) is 18.4 Å². The molecule has 0 aliphatic carbocycles. The SMILES string of the molecule is CCNC(C)(C#N)CCCCN(C)CCC(F)(F)F. The van der Waals surface area contributed by atoms with Gasteiger partial charge in [0.25, 0.3) is 0 Å². The second-order valence-corrected chi connectivity index (χ2v) is 5.10. The maximum Gasteiger partial charge on any atom is 0.390 e. The van der Waals surface area contributed by atoms with Crippen LogP contribution in [0.4, 0.5) is 13.2 Å². The van der Waals surface area contributed by atoms with E-state index in [4.69, 9.17) is 5.26 Å². The fourth-order valence-corrected chi connectivity index (χ4v) is 1.86. The normalized spacial score (nSPS) is 15.3. The largest absolute Gasteiger partial charge is 0.390 e. The predicted octanol–water partition coefficient (Wildman–Crippen LogP) is 2.93. The molecule has 0 fully saturated rings. The van der Waals surface area contributed by atoms with Crippen LogP contribution >= 0.6 is 0 Å². The summed E-state index contributed by atoms with van der Waals surface area (Å²) in [5.41, 5.74) is -0.528. The molecule has 1 unspecified atom stereocenters. The first-order valence-corrected chi connectivity index (χ1v) is 6.64. The van der Waals surface area contributed by atoms with Gasteiger partial charge in [-0.3, -0.25) is 5.32 Å². The van der Waals surface area contributed by atoms with E-state index in [0.29, 0.717) is 13.0 Å². The van der Waals surface area contributed by atoms with Crippen molar-refractivity contribution in [2.24, 2.45) is 0 Å². The van der Waals surface area contributed by atoms with Crippen molar-refractivity contribution >= 4 is 0 Å². The number of nitrogens with zero attached hydrogens (tertiary/aromatic N) is 2. The molecule has 0 bridgehead atoms. The minimum atomic E-state index is -4.08. The molecule has 19 heavy (non-hydrogen) atoms. The standard InChI is InChI=1S/C13H24F3N3/c1-4-18-12(2,11-17)7-5-6-9-19(3)10-8-13(14,15)16/h18H,4-10H2,1-3H3. The Hall–Kier alpha value is -0.800. The minimum Gasteiger partial charge on any atom is -0.306 e. The molecule has 0 heterocycles. The van der Waals surface area contributed by atoms with Crippen LogP contribution in [0.3, 0.4) is 0 Å². The van der Waals surface area contributed by atoms with Gasteiger partial charge < -0.3 is 4.90 Å². The number of nitriles is 1. The molecule has 0 rings (SSSR count). The first-order valence-electron chi connectivity index (χ1n) is 6.64. The van der Waals surface area contributed by atoms with E-state index in [0.717, 1.165) is 19.4 Å². The van der Waals surface area contributed by atoms with Gasteiger partial charge in [0.2, 0.25) is 0 Å². The van der Waals surface area contributed by atoms with E-state index in [1.54, 1.807) is 11.9 Å². The van der Waals surface area contributed by atoms with E-state index in [1.807, 2.05) is 13.8 Å². The molecule has 0 saturated carbocycles. The molecule has 1 atom stereocenters. The van der Waals surface area contributed by atoms with Gasteiger partial charge in [-0.25, -0.2) is 0 Å². The minimum absolute atomic E-state index is 0.0340. The monoisotopic (exact) mass is 279 g/mol. The van der Waals surface area contributed by atoms with Crippen LogP contribution in [0, 0.1) is 11.3 Å². The van der Waals surface area contributed by atoms with E-state index < -0.39 is 18.1 Å². The van der Waals surface area contributed by atoms with Crippen molar-refractivity contribution in [2.75, 3.05) is 26.7 Å². The number of hydrogen-bond acceptors (Lipinski definition) is 3. The van der Waals surface area contributed by atoms with Gasteiger partial charge in [0.15, 0.2) is 0 Å². The zero-order chi connectivity index (χ0) is 14.9. The predicted molar refractivity (Wildman–Crippen MR) is 69.7 cm³/mol. The number of alkyl halides is 3. The Kier molecular flexibility index (Phi) is 8.03. The lowest BCUT2D eigenvalue weighted by Crippen LogP contribution is -2.40. The van der Waals surface area contributed by atoms with Crippen LogP contribution in [0.1, 0.15) is 39.5 Å². The van der Waals surface area contributed by atoms with Crippen molar-refractivity contribution in [3.63, 3.8) is 0 Å². The van der Waals surface area contributed by atoms with Crippen LogP contribution in [-0.4, -0.2) is 43.3 Å². The fraction of sp³-hybridized carbons (Fsp3) is 0.923. The van der Waals surface area contributed by atoms with E-state index in [1.165, 1.54) is 0 Å². The number of unbranched alkanes of at least 4 members (excludes halogenated alkanes) is 1. The van der Waals surface area contributed by atoms with Crippen molar-refractivity contribution in [2.45, 2.75) is 51.2 Å². The molecule has 0 amide bonds. The number of hydrogen-bond donors (Lipinski definition) is 1. The Balaban J connectivity index is 3.77. The molecule has 0 aromatic carbocycles. The average Bonchev–Trinajstić information content (AvgIpc) is 2.32. The van der Waals surface area contributed by atoms with E-state index >= 15 is 0 Å². The third-order valence-corrected chi connectivity index (χ3v) is 3.06. The lowest BCUT2D eigenvalue weighted by molar-refractivity contribution is -0.137. The Bertz CT molecular complexity index is 286. The topological polar surface area (TPSA) is 39.1 Å². The molecule has 6 heteroatoms. The van der Waals surface area contributed by atoms with Crippen molar-refractivity contribution in [3.05, 3.63) is 0 Å². The zero-order valence-corrected chi connectivity index (χ0v) is 12.0. The van der Waals surface area contributed by atoms with E-state index in [2.05, 4.69) is 11.4 Å². The Morgan fingerprint density at radius 1 is 1.16 bits per heavy atom. The average molecular weight is 279 g/mol. The van der Waals surface area contributed by atoms with Crippen LogP contribution in [0.2, 0.25) is 0 Å². The lowest BCUT2D eigenvalue weighted by atomic mass is 9.96. The van der Waals surface area contributed by atoms with Crippen molar-refractivity contribution in [1.82, 2.24) is 10.2 Å². The van der Waals surface area contributed by atoms with Crippen molar-refractivity contribution in [3.8, 4) is 6.07 Å². The highest BCUT2D eigenvalue weighted by molar-refractivity contribution is 5.03. The molecule has 3 nitrogen and oxygen atoms in total. The molecule has 0 aromatic heterocycles. The summed E-state index contributed by atoms with van der Waals surface area (Å²) < 4.78 is 36.1. The molecule has 0 aromatic rings. The summed E-state index contributed by atoms with van der Waals surface area (Å²) >= 11 is 0. The Morgan fingerprint density at radius 2 is 1.79 bits per heavy atom. The Labute approximate surface area is 113 Å². The molecule has 112 valence electrons. The van der Waals surface area contributed by atoms with Crippen LogP contribution in [0.5, 0.6) is 0 Å². The molecule has 1 N–H and O–H groups in total. The van der Waals surface area contributed by atoms with Crippen molar-refractivity contribution < 1.29 is 13.2 Å². The van der Waals surface area contributed by atoms with Gasteiger partial charge >= 0.3 is 6.18 Å². The number of halogens is 3. The second kappa shape index (κ2) is 8.39. The number of nitrogens with one attached hydrogen (secondary N) is 1. The van der Waals surface area contributed by atoms with Crippen LogP contribution in [0.25, 0.3) is 0 Å². The molecule has 0 aliphatic heterocycles. The van der Waals surface area contributed by atoms with Gasteiger partial charge in [0.05, 0.1) is 12.5 Å². The van der Waals surface area contributed by atoms with E-state index in [9.17, 15) is 13.2 Å². The molecule has 0 radical (unpaired) electrons. The van der Waals surface area contributed by atoms with Gasteiger partial charge in [-0.1, -0.05) is 6.92 Å². The van der Waals surface area contributed by atoms with Gasteiger partial charge in [-0.05, 0) is 46.3 Å². The molecule has 0 aliphatic rings. The smallest absolute Gasteiger partial charge is 0.306 e. The zero-order valence-electron chi connectivity index (χ0n) is 12.0. The first kappa shape index (κ1) is 18.2. The van der Waals surface area contributed by atoms with Crippen LogP contribution in [-0.2, 0) is 0 Å². The van der Waals surface area contributed by atoms with E-state index in [-0.39, 0.29) is 6.54 Å². The second-order valence-electron chi connectivity index (χ2n) is 5.10. The molecular weight excluding hydrogens is 255 g/mol. The quantitative estimate of drug-likeness (QED) is 0.660.